The molecule has 0 amide bonds. The average Bonchev–Trinajstić information content (AvgIpc) is 2.65. The van der Waals surface area contributed by atoms with Crippen LogP contribution in [0.2, 0.25) is 0 Å². The van der Waals surface area contributed by atoms with Gasteiger partial charge in [-0.15, -0.1) is 0 Å². The average molecular weight is 240 g/mol. The van der Waals surface area contributed by atoms with Crippen LogP contribution in [0.15, 0.2) is 0 Å². The molecule has 1 unspecified atom stereocenters. The lowest BCUT2D eigenvalue weighted by Crippen LogP contribution is -2.44. The van der Waals surface area contributed by atoms with Crippen molar-refractivity contribution < 1.29 is 0 Å². The van der Waals surface area contributed by atoms with Gasteiger partial charge >= 0.3 is 0 Å². The molecule has 0 aliphatic carbocycles. The van der Waals surface area contributed by atoms with Crippen molar-refractivity contribution in [3.8, 4) is 0 Å². The van der Waals surface area contributed by atoms with E-state index in [1.54, 1.807) is 0 Å². The molecule has 1 atom stereocenters. The van der Waals surface area contributed by atoms with Crippen LogP contribution in [0.5, 0.6) is 0 Å². The van der Waals surface area contributed by atoms with E-state index in [1.807, 2.05) is 0 Å². The van der Waals surface area contributed by atoms with Crippen molar-refractivity contribution in [3.05, 3.63) is 0 Å². The molecule has 2 heteroatoms. The second-order valence-electron chi connectivity index (χ2n) is 6.77. The lowest BCUT2D eigenvalue weighted by atomic mass is 9.91. The highest BCUT2D eigenvalue weighted by Gasteiger charge is 2.31. The molecule has 1 heterocycles. The van der Waals surface area contributed by atoms with Crippen molar-refractivity contribution in [2.75, 3.05) is 26.2 Å². The van der Waals surface area contributed by atoms with Crippen LogP contribution in [0, 0.1) is 11.3 Å². The number of hydrogen-bond acceptors (Lipinski definition) is 2. The summed E-state index contributed by atoms with van der Waals surface area (Å²) in [6.07, 6.45) is 4.02. The van der Waals surface area contributed by atoms with Gasteiger partial charge in [0, 0.05) is 19.1 Å². The quantitative estimate of drug-likeness (QED) is 0.688. The third-order valence-electron chi connectivity index (χ3n) is 3.85. The van der Waals surface area contributed by atoms with Gasteiger partial charge in [0.1, 0.15) is 0 Å². The highest BCUT2D eigenvalue weighted by molar-refractivity contribution is 4.86. The van der Waals surface area contributed by atoms with Crippen LogP contribution in [-0.4, -0.2) is 37.1 Å². The fourth-order valence-electron chi connectivity index (χ4n) is 3.01. The van der Waals surface area contributed by atoms with E-state index in [2.05, 4.69) is 44.8 Å². The maximum absolute atomic E-state index is 3.57. The molecule has 0 spiro atoms. The van der Waals surface area contributed by atoms with E-state index in [-0.39, 0.29) is 0 Å². The van der Waals surface area contributed by atoms with E-state index in [0.29, 0.717) is 5.41 Å². The van der Waals surface area contributed by atoms with Crippen LogP contribution in [-0.2, 0) is 0 Å². The molecule has 0 radical (unpaired) electrons. The molecule has 1 rings (SSSR count). The minimum atomic E-state index is 0.395. The molecule has 0 aromatic carbocycles. The maximum atomic E-state index is 3.57. The van der Waals surface area contributed by atoms with E-state index < -0.39 is 0 Å². The zero-order chi connectivity index (χ0) is 12.9. The van der Waals surface area contributed by atoms with Crippen LogP contribution >= 0.6 is 0 Å². The predicted octanol–water partition coefficient (Wildman–Crippen LogP) is 3.13. The van der Waals surface area contributed by atoms with Crippen molar-refractivity contribution in [2.24, 2.45) is 11.3 Å². The summed E-state index contributed by atoms with van der Waals surface area (Å²) in [5.41, 5.74) is 0.395. The fourth-order valence-corrected chi connectivity index (χ4v) is 3.01. The third-order valence-corrected chi connectivity index (χ3v) is 3.85. The van der Waals surface area contributed by atoms with E-state index in [9.17, 15) is 0 Å². The van der Waals surface area contributed by atoms with Gasteiger partial charge in [0.25, 0.3) is 0 Å². The Kier molecular flexibility index (Phi) is 5.94. The van der Waals surface area contributed by atoms with Crippen molar-refractivity contribution in [1.29, 1.82) is 0 Å². The van der Waals surface area contributed by atoms with Gasteiger partial charge in [-0.3, -0.25) is 4.90 Å². The van der Waals surface area contributed by atoms with Crippen LogP contribution in [0.25, 0.3) is 0 Å². The third kappa shape index (κ3) is 4.97. The molecule has 0 aromatic heterocycles. The molecule has 0 bridgehead atoms. The van der Waals surface area contributed by atoms with Crippen LogP contribution in [0.3, 0.4) is 0 Å². The monoisotopic (exact) mass is 240 g/mol. The van der Waals surface area contributed by atoms with Crippen molar-refractivity contribution in [3.63, 3.8) is 0 Å². The summed E-state index contributed by atoms with van der Waals surface area (Å²) in [5, 5.41) is 3.57. The van der Waals surface area contributed by atoms with Crippen molar-refractivity contribution in [2.45, 2.75) is 59.9 Å². The molecule has 1 N–H and O–H groups in total. The number of likely N-dealkylation sites (tertiary alicyclic amines) is 1. The SMILES string of the molecule is CCCNCC(C)(C)CN1CCCC1C(C)C. The molecule has 1 aliphatic rings. The zero-order valence-electron chi connectivity index (χ0n) is 12.6. The molecular formula is C15H32N2. The minimum absolute atomic E-state index is 0.395. The molecule has 1 fully saturated rings. The standard InChI is InChI=1S/C15H32N2/c1-6-9-16-11-15(4,5)12-17-10-7-8-14(17)13(2)3/h13-14,16H,6-12H2,1-5H3. The summed E-state index contributed by atoms with van der Waals surface area (Å²) in [6, 6.07) is 0.820. The van der Waals surface area contributed by atoms with Gasteiger partial charge in [-0.2, -0.15) is 0 Å². The lowest BCUT2D eigenvalue weighted by molar-refractivity contribution is 0.137. The predicted molar refractivity (Wildman–Crippen MR) is 76.4 cm³/mol. The Morgan fingerprint density at radius 1 is 1.35 bits per heavy atom. The van der Waals surface area contributed by atoms with Gasteiger partial charge in [0.05, 0.1) is 0 Å². The Labute approximate surface area is 108 Å². The summed E-state index contributed by atoms with van der Waals surface area (Å²) >= 11 is 0. The molecule has 17 heavy (non-hydrogen) atoms. The van der Waals surface area contributed by atoms with Gasteiger partial charge in [-0.1, -0.05) is 34.6 Å². The van der Waals surface area contributed by atoms with E-state index in [4.69, 9.17) is 0 Å². The van der Waals surface area contributed by atoms with Crippen LogP contribution < -0.4 is 5.32 Å². The van der Waals surface area contributed by atoms with Gasteiger partial charge in [-0.05, 0) is 43.7 Å². The molecule has 1 saturated heterocycles. The van der Waals surface area contributed by atoms with E-state index >= 15 is 0 Å². The molecule has 2 nitrogen and oxygen atoms in total. The first kappa shape index (κ1) is 15.0. The van der Waals surface area contributed by atoms with Crippen LogP contribution in [0.1, 0.15) is 53.9 Å². The molecule has 102 valence electrons. The Hall–Kier alpha value is -0.0800. The second-order valence-corrected chi connectivity index (χ2v) is 6.77. The Morgan fingerprint density at radius 3 is 2.65 bits per heavy atom. The topological polar surface area (TPSA) is 15.3 Å². The largest absolute Gasteiger partial charge is 0.316 e. The second kappa shape index (κ2) is 6.75. The van der Waals surface area contributed by atoms with Crippen molar-refractivity contribution >= 4 is 0 Å². The van der Waals surface area contributed by atoms with Crippen molar-refractivity contribution in [1.82, 2.24) is 10.2 Å². The Bertz CT molecular complexity index is 211. The van der Waals surface area contributed by atoms with Gasteiger partial charge in [0.15, 0.2) is 0 Å². The molecule has 0 saturated carbocycles. The number of hydrogen-bond donors (Lipinski definition) is 1. The smallest absolute Gasteiger partial charge is 0.0119 e. The zero-order valence-corrected chi connectivity index (χ0v) is 12.6. The maximum Gasteiger partial charge on any atom is 0.0119 e. The summed E-state index contributed by atoms with van der Waals surface area (Å²) in [7, 11) is 0. The van der Waals surface area contributed by atoms with E-state index in [0.717, 1.165) is 25.0 Å². The summed E-state index contributed by atoms with van der Waals surface area (Å²) in [6.45, 7) is 16.6. The fraction of sp³-hybridized carbons (Fsp3) is 1.00. The number of nitrogens with zero attached hydrogens (tertiary/aromatic N) is 1. The molecule has 1 aliphatic heterocycles. The van der Waals surface area contributed by atoms with Gasteiger partial charge in [0.2, 0.25) is 0 Å². The minimum Gasteiger partial charge on any atom is -0.316 e. The summed E-state index contributed by atoms with van der Waals surface area (Å²) in [5.74, 6) is 0.803. The first-order valence-corrected chi connectivity index (χ1v) is 7.41. The van der Waals surface area contributed by atoms with E-state index in [1.165, 1.54) is 32.4 Å². The first-order chi connectivity index (χ1) is 7.96. The Balaban J connectivity index is 2.40. The molecule has 0 aromatic rings. The molecular weight excluding hydrogens is 208 g/mol. The number of rotatable bonds is 7. The van der Waals surface area contributed by atoms with Gasteiger partial charge in [-0.25, -0.2) is 0 Å². The summed E-state index contributed by atoms with van der Waals surface area (Å²) < 4.78 is 0. The highest BCUT2D eigenvalue weighted by Crippen LogP contribution is 2.27. The van der Waals surface area contributed by atoms with Gasteiger partial charge < -0.3 is 5.32 Å². The summed E-state index contributed by atoms with van der Waals surface area (Å²) in [4.78, 5) is 2.72. The first-order valence-electron chi connectivity index (χ1n) is 7.41. The normalized spacial score (nSPS) is 22.6. The number of nitrogens with one attached hydrogen (secondary N) is 1. The Morgan fingerprint density at radius 2 is 2.06 bits per heavy atom. The lowest BCUT2D eigenvalue weighted by Gasteiger charge is -2.35. The highest BCUT2D eigenvalue weighted by atomic mass is 15.2. The van der Waals surface area contributed by atoms with Crippen LogP contribution in [0.4, 0.5) is 0 Å².